The lowest BCUT2D eigenvalue weighted by atomic mass is 10.2. The zero-order valence-electron chi connectivity index (χ0n) is 6.78. The third-order valence-electron chi connectivity index (χ3n) is 1.64. The fourth-order valence-corrected chi connectivity index (χ4v) is 1.30. The summed E-state index contributed by atoms with van der Waals surface area (Å²) in [7, 11) is 0. The number of hydrogen-bond acceptors (Lipinski definition) is 3. The molecule has 60 valence electrons. The van der Waals surface area contributed by atoms with E-state index in [1.165, 1.54) is 6.42 Å². The molecular formula is C7H17N3. The van der Waals surface area contributed by atoms with Crippen molar-refractivity contribution in [3.8, 4) is 0 Å². The highest BCUT2D eigenvalue weighted by molar-refractivity contribution is 4.82. The van der Waals surface area contributed by atoms with Gasteiger partial charge in [0.05, 0.1) is 5.66 Å². The maximum atomic E-state index is 5.78. The largest absolute Gasteiger partial charge is 0.315 e. The fraction of sp³-hybridized carbons (Fsp3) is 1.00. The molecule has 0 aromatic rings. The molecule has 1 aliphatic heterocycles. The predicted octanol–water partition coefficient (Wildman–Crippen LogP) is -0.367. The molecule has 0 radical (unpaired) electrons. The zero-order chi connectivity index (χ0) is 7.61. The first-order valence-corrected chi connectivity index (χ1v) is 3.85. The molecule has 0 spiro atoms. The SMILES string of the molecule is CC(C)(N)NC1CCNC1. The van der Waals surface area contributed by atoms with Crippen LogP contribution >= 0.6 is 0 Å². The minimum Gasteiger partial charge on any atom is -0.315 e. The Morgan fingerprint density at radius 2 is 2.30 bits per heavy atom. The van der Waals surface area contributed by atoms with Crippen molar-refractivity contribution < 1.29 is 0 Å². The van der Waals surface area contributed by atoms with Crippen molar-refractivity contribution in [2.75, 3.05) is 13.1 Å². The van der Waals surface area contributed by atoms with Gasteiger partial charge >= 0.3 is 0 Å². The van der Waals surface area contributed by atoms with E-state index in [2.05, 4.69) is 10.6 Å². The van der Waals surface area contributed by atoms with Crippen molar-refractivity contribution in [2.24, 2.45) is 5.73 Å². The molecule has 3 nitrogen and oxygen atoms in total. The minimum absolute atomic E-state index is 0.226. The summed E-state index contributed by atoms with van der Waals surface area (Å²) in [6, 6.07) is 0.569. The second-order valence-corrected chi connectivity index (χ2v) is 3.56. The Morgan fingerprint density at radius 1 is 1.60 bits per heavy atom. The Morgan fingerprint density at radius 3 is 2.70 bits per heavy atom. The smallest absolute Gasteiger partial charge is 0.0606 e. The van der Waals surface area contributed by atoms with Crippen LogP contribution in [0, 0.1) is 0 Å². The van der Waals surface area contributed by atoms with Crippen LogP contribution in [0.15, 0.2) is 0 Å². The van der Waals surface area contributed by atoms with Crippen LogP contribution in [0.5, 0.6) is 0 Å². The summed E-state index contributed by atoms with van der Waals surface area (Å²) in [6.07, 6.45) is 1.20. The summed E-state index contributed by atoms with van der Waals surface area (Å²) in [5.74, 6) is 0. The van der Waals surface area contributed by atoms with Gasteiger partial charge in [-0.25, -0.2) is 0 Å². The highest BCUT2D eigenvalue weighted by Crippen LogP contribution is 2.01. The summed E-state index contributed by atoms with van der Waals surface area (Å²) in [6.45, 7) is 6.16. The molecule has 1 saturated heterocycles. The van der Waals surface area contributed by atoms with Crippen LogP contribution in [-0.2, 0) is 0 Å². The first-order chi connectivity index (χ1) is 4.58. The van der Waals surface area contributed by atoms with E-state index in [1.54, 1.807) is 0 Å². The molecule has 0 aliphatic carbocycles. The van der Waals surface area contributed by atoms with Crippen molar-refractivity contribution in [1.82, 2.24) is 10.6 Å². The molecule has 1 fully saturated rings. The van der Waals surface area contributed by atoms with Gasteiger partial charge in [-0.15, -0.1) is 0 Å². The van der Waals surface area contributed by atoms with Gasteiger partial charge in [0.25, 0.3) is 0 Å². The molecule has 10 heavy (non-hydrogen) atoms. The maximum Gasteiger partial charge on any atom is 0.0606 e. The predicted molar refractivity (Wildman–Crippen MR) is 42.7 cm³/mol. The monoisotopic (exact) mass is 143 g/mol. The molecule has 1 unspecified atom stereocenters. The molecule has 1 aliphatic rings. The molecule has 4 N–H and O–H groups in total. The van der Waals surface area contributed by atoms with Crippen LogP contribution in [0.25, 0.3) is 0 Å². The van der Waals surface area contributed by atoms with Crippen molar-refractivity contribution in [3.63, 3.8) is 0 Å². The summed E-state index contributed by atoms with van der Waals surface area (Å²) >= 11 is 0. The quantitative estimate of drug-likeness (QED) is 0.462. The standard InChI is InChI=1S/C7H17N3/c1-7(2,8)10-6-3-4-9-5-6/h6,9-10H,3-5,8H2,1-2H3. The highest BCUT2D eigenvalue weighted by atomic mass is 15.1. The van der Waals surface area contributed by atoms with E-state index in [0.717, 1.165) is 13.1 Å². The van der Waals surface area contributed by atoms with Crippen LogP contribution in [0.4, 0.5) is 0 Å². The van der Waals surface area contributed by atoms with Gasteiger partial charge in [0, 0.05) is 12.6 Å². The lowest BCUT2D eigenvalue weighted by Gasteiger charge is -2.24. The molecule has 1 heterocycles. The Bertz CT molecular complexity index is 99.9. The first-order valence-electron chi connectivity index (χ1n) is 3.85. The van der Waals surface area contributed by atoms with E-state index in [1.807, 2.05) is 13.8 Å². The minimum atomic E-state index is -0.226. The third-order valence-corrected chi connectivity index (χ3v) is 1.64. The Kier molecular flexibility index (Phi) is 2.28. The Hall–Kier alpha value is -0.120. The van der Waals surface area contributed by atoms with E-state index in [0.29, 0.717) is 6.04 Å². The molecule has 0 aromatic heterocycles. The summed E-state index contributed by atoms with van der Waals surface area (Å²) in [5.41, 5.74) is 5.55. The Labute approximate surface area is 62.4 Å². The van der Waals surface area contributed by atoms with Crippen molar-refractivity contribution in [2.45, 2.75) is 32.0 Å². The second-order valence-electron chi connectivity index (χ2n) is 3.56. The van der Waals surface area contributed by atoms with Crippen molar-refractivity contribution in [1.29, 1.82) is 0 Å². The molecule has 1 atom stereocenters. The van der Waals surface area contributed by atoms with E-state index in [-0.39, 0.29) is 5.66 Å². The summed E-state index contributed by atoms with van der Waals surface area (Å²) in [5, 5.41) is 6.61. The van der Waals surface area contributed by atoms with Gasteiger partial charge in [-0.05, 0) is 26.8 Å². The molecule has 1 rings (SSSR count). The maximum absolute atomic E-state index is 5.78. The Balaban J connectivity index is 2.24. The number of nitrogens with one attached hydrogen (secondary N) is 2. The van der Waals surface area contributed by atoms with Crippen LogP contribution in [0.3, 0.4) is 0 Å². The zero-order valence-corrected chi connectivity index (χ0v) is 6.78. The molecule has 3 heteroatoms. The lowest BCUT2D eigenvalue weighted by molar-refractivity contribution is 0.354. The van der Waals surface area contributed by atoms with Crippen molar-refractivity contribution >= 4 is 0 Å². The van der Waals surface area contributed by atoms with E-state index < -0.39 is 0 Å². The van der Waals surface area contributed by atoms with E-state index >= 15 is 0 Å². The molecule has 0 aromatic carbocycles. The molecule has 0 saturated carbocycles. The number of rotatable bonds is 2. The highest BCUT2D eigenvalue weighted by Gasteiger charge is 2.19. The lowest BCUT2D eigenvalue weighted by Crippen LogP contribution is -2.53. The number of nitrogens with two attached hydrogens (primary N) is 1. The van der Waals surface area contributed by atoms with Gasteiger partial charge in [-0.1, -0.05) is 0 Å². The summed E-state index contributed by atoms with van der Waals surface area (Å²) < 4.78 is 0. The first kappa shape index (κ1) is 7.98. The van der Waals surface area contributed by atoms with Gasteiger partial charge in [0.2, 0.25) is 0 Å². The van der Waals surface area contributed by atoms with Crippen LogP contribution < -0.4 is 16.4 Å². The van der Waals surface area contributed by atoms with Crippen LogP contribution in [0.2, 0.25) is 0 Å². The van der Waals surface area contributed by atoms with Gasteiger partial charge in [0.15, 0.2) is 0 Å². The van der Waals surface area contributed by atoms with Gasteiger partial charge in [-0.2, -0.15) is 0 Å². The van der Waals surface area contributed by atoms with Gasteiger partial charge < -0.3 is 11.1 Å². The average molecular weight is 143 g/mol. The average Bonchev–Trinajstić information content (AvgIpc) is 2.12. The molecular weight excluding hydrogens is 126 g/mol. The van der Waals surface area contributed by atoms with E-state index in [9.17, 15) is 0 Å². The van der Waals surface area contributed by atoms with Gasteiger partial charge in [-0.3, -0.25) is 5.32 Å². The fourth-order valence-electron chi connectivity index (χ4n) is 1.30. The topological polar surface area (TPSA) is 50.1 Å². The van der Waals surface area contributed by atoms with Gasteiger partial charge in [0.1, 0.15) is 0 Å². The molecule has 0 bridgehead atoms. The van der Waals surface area contributed by atoms with Crippen LogP contribution in [-0.4, -0.2) is 24.8 Å². The molecule has 0 amide bonds. The summed E-state index contributed by atoms with van der Waals surface area (Å²) in [4.78, 5) is 0. The second kappa shape index (κ2) is 2.86. The number of hydrogen-bond donors (Lipinski definition) is 3. The normalized spacial score (nSPS) is 27.3. The van der Waals surface area contributed by atoms with E-state index in [4.69, 9.17) is 5.73 Å². The third kappa shape index (κ3) is 2.64. The van der Waals surface area contributed by atoms with Crippen LogP contribution in [0.1, 0.15) is 20.3 Å². The van der Waals surface area contributed by atoms with Crippen molar-refractivity contribution in [3.05, 3.63) is 0 Å².